The quantitative estimate of drug-likeness (QED) is 0.158. The van der Waals surface area contributed by atoms with Crippen LogP contribution in [0, 0.1) is 23.7 Å². The Kier molecular flexibility index (Phi) is 7.12. The number of guanidine groups is 1. The molecule has 4 aliphatic rings. The van der Waals surface area contributed by atoms with Gasteiger partial charge in [0, 0.05) is 39.3 Å². The standard InChI is InChI=1S/C19H29N5O4S.HI/c1-20-19(22-11-14-4-3-8-24(14)29(2,27)28)21-7-9-23-17(25)15-12-5-6-13(10-12)16(15)18(23)26;/h5-6,12-16H,3-4,7-11H2,1-2H3,(H2,20,21,22);1H/t12?,13?,14-,15?,16?;/m1./s1. The van der Waals surface area contributed by atoms with Crippen molar-refractivity contribution in [1.29, 1.82) is 0 Å². The van der Waals surface area contributed by atoms with Gasteiger partial charge in [0.25, 0.3) is 0 Å². The van der Waals surface area contributed by atoms with Crippen molar-refractivity contribution in [2.24, 2.45) is 28.7 Å². The molecule has 5 atom stereocenters. The number of rotatable bonds is 6. The van der Waals surface area contributed by atoms with Gasteiger partial charge in [-0.05, 0) is 31.1 Å². The fourth-order valence-corrected chi connectivity index (χ4v) is 6.54. The van der Waals surface area contributed by atoms with Crippen molar-refractivity contribution in [1.82, 2.24) is 19.8 Å². The van der Waals surface area contributed by atoms with E-state index < -0.39 is 10.0 Å². The molecule has 2 heterocycles. The van der Waals surface area contributed by atoms with E-state index in [1.54, 1.807) is 7.05 Å². The minimum Gasteiger partial charge on any atom is -0.355 e. The van der Waals surface area contributed by atoms with Crippen LogP contribution in [-0.4, -0.2) is 80.9 Å². The summed E-state index contributed by atoms with van der Waals surface area (Å²) in [4.78, 5) is 30.9. The highest BCUT2D eigenvalue weighted by molar-refractivity contribution is 14.0. The first kappa shape index (κ1) is 23.5. The van der Waals surface area contributed by atoms with E-state index in [0.29, 0.717) is 32.1 Å². The van der Waals surface area contributed by atoms with Crippen LogP contribution in [0.5, 0.6) is 0 Å². The molecule has 168 valence electrons. The summed E-state index contributed by atoms with van der Waals surface area (Å²) in [6.45, 7) is 1.73. The number of fused-ring (bicyclic) bond motifs is 5. The molecule has 2 saturated heterocycles. The van der Waals surface area contributed by atoms with Crippen LogP contribution in [0.25, 0.3) is 0 Å². The molecule has 0 radical (unpaired) electrons. The van der Waals surface area contributed by atoms with Crippen LogP contribution in [-0.2, 0) is 19.6 Å². The van der Waals surface area contributed by atoms with E-state index in [2.05, 4.69) is 27.8 Å². The summed E-state index contributed by atoms with van der Waals surface area (Å²) in [7, 11) is -1.57. The van der Waals surface area contributed by atoms with Crippen LogP contribution >= 0.6 is 24.0 Å². The number of amides is 2. The Hall–Kier alpha value is -1.21. The van der Waals surface area contributed by atoms with Crippen LogP contribution in [0.15, 0.2) is 17.1 Å². The minimum atomic E-state index is -3.21. The molecule has 9 nitrogen and oxygen atoms in total. The molecule has 0 spiro atoms. The van der Waals surface area contributed by atoms with E-state index in [1.807, 2.05) is 0 Å². The van der Waals surface area contributed by atoms with Crippen molar-refractivity contribution in [3.05, 3.63) is 12.2 Å². The number of halogens is 1. The first-order chi connectivity index (χ1) is 13.8. The van der Waals surface area contributed by atoms with Gasteiger partial charge in [0.2, 0.25) is 21.8 Å². The number of hydrogen-bond acceptors (Lipinski definition) is 5. The van der Waals surface area contributed by atoms with Crippen LogP contribution in [0.1, 0.15) is 19.3 Å². The zero-order valence-electron chi connectivity index (χ0n) is 17.3. The normalized spacial score (nSPS) is 33.2. The van der Waals surface area contributed by atoms with Crippen molar-refractivity contribution in [2.45, 2.75) is 25.3 Å². The average Bonchev–Trinajstić information content (AvgIpc) is 3.43. The number of nitrogens with one attached hydrogen (secondary N) is 2. The topological polar surface area (TPSA) is 111 Å². The van der Waals surface area contributed by atoms with Gasteiger partial charge in [-0.1, -0.05) is 12.2 Å². The van der Waals surface area contributed by atoms with E-state index in [1.165, 1.54) is 15.5 Å². The number of allylic oxidation sites excluding steroid dienone is 2. The molecule has 2 aliphatic heterocycles. The molecule has 1 saturated carbocycles. The molecule has 2 bridgehead atoms. The Morgan fingerprint density at radius 2 is 1.80 bits per heavy atom. The largest absolute Gasteiger partial charge is 0.355 e. The van der Waals surface area contributed by atoms with E-state index >= 15 is 0 Å². The molecule has 30 heavy (non-hydrogen) atoms. The number of nitrogens with zero attached hydrogens (tertiary/aromatic N) is 3. The second-order valence-corrected chi connectivity index (χ2v) is 10.3. The van der Waals surface area contributed by atoms with Crippen molar-refractivity contribution in [3.63, 3.8) is 0 Å². The van der Waals surface area contributed by atoms with Crippen molar-refractivity contribution in [3.8, 4) is 0 Å². The summed E-state index contributed by atoms with van der Waals surface area (Å²) in [6, 6.07) is -0.0902. The lowest BCUT2D eigenvalue weighted by Crippen LogP contribution is -2.48. The third kappa shape index (κ3) is 4.24. The van der Waals surface area contributed by atoms with Gasteiger partial charge in [-0.3, -0.25) is 19.5 Å². The van der Waals surface area contributed by atoms with Gasteiger partial charge in [0.15, 0.2) is 5.96 Å². The third-order valence-corrected chi connectivity index (χ3v) is 8.00. The van der Waals surface area contributed by atoms with E-state index in [4.69, 9.17) is 0 Å². The zero-order valence-corrected chi connectivity index (χ0v) is 20.4. The summed E-state index contributed by atoms with van der Waals surface area (Å²) in [6.07, 6.45) is 8.01. The molecule has 0 aromatic rings. The summed E-state index contributed by atoms with van der Waals surface area (Å²) >= 11 is 0. The van der Waals surface area contributed by atoms with Crippen LogP contribution < -0.4 is 10.6 Å². The molecule has 3 fully saturated rings. The summed E-state index contributed by atoms with van der Waals surface area (Å²) < 4.78 is 25.2. The number of likely N-dealkylation sites (tertiary alicyclic amines) is 1. The number of imide groups is 1. The van der Waals surface area contributed by atoms with Crippen LogP contribution in [0.2, 0.25) is 0 Å². The molecule has 2 aliphatic carbocycles. The van der Waals surface area contributed by atoms with E-state index in [0.717, 1.165) is 19.3 Å². The van der Waals surface area contributed by atoms with Crippen molar-refractivity contribution >= 4 is 51.8 Å². The summed E-state index contributed by atoms with van der Waals surface area (Å²) in [5.41, 5.74) is 0. The molecule has 2 amide bonds. The van der Waals surface area contributed by atoms with Gasteiger partial charge in [0.1, 0.15) is 0 Å². The molecular weight excluding hydrogens is 521 g/mol. The monoisotopic (exact) mass is 551 g/mol. The second kappa shape index (κ2) is 9.11. The minimum absolute atomic E-state index is 0. The fraction of sp³-hybridized carbons (Fsp3) is 0.737. The number of hydrogen-bond donors (Lipinski definition) is 2. The van der Waals surface area contributed by atoms with Gasteiger partial charge in [0.05, 0.1) is 18.1 Å². The Morgan fingerprint density at radius 1 is 1.17 bits per heavy atom. The fourth-order valence-electron chi connectivity index (χ4n) is 5.36. The highest BCUT2D eigenvalue weighted by Crippen LogP contribution is 2.52. The van der Waals surface area contributed by atoms with Gasteiger partial charge in [-0.15, -0.1) is 24.0 Å². The molecule has 2 N–H and O–H groups in total. The van der Waals surface area contributed by atoms with Gasteiger partial charge in [-0.25, -0.2) is 8.42 Å². The molecule has 11 heteroatoms. The number of aliphatic imine (C=N–C) groups is 1. The number of sulfonamides is 1. The Bertz CT molecular complexity index is 831. The molecule has 0 aromatic heterocycles. The maximum atomic E-state index is 12.7. The predicted molar refractivity (Wildman–Crippen MR) is 124 cm³/mol. The smallest absolute Gasteiger partial charge is 0.233 e. The van der Waals surface area contributed by atoms with Crippen LogP contribution in [0.3, 0.4) is 0 Å². The van der Waals surface area contributed by atoms with Crippen LogP contribution in [0.4, 0.5) is 0 Å². The van der Waals surface area contributed by atoms with E-state index in [9.17, 15) is 18.0 Å². The predicted octanol–water partition coefficient (Wildman–Crippen LogP) is 0.000500. The maximum Gasteiger partial charge on any atom is 0.233 e. The first-order valence-electron chi connectivity index (χ1n) is 10.3. The van der Waals surface area contributed by atoms with Gasteiger partial charge in [-0.2, -0.15) is 4.31 Å². The Morgan fingerprint density at radius 3 is 2.37 bits per heavy atom. The lowest BCUT2D eigenvalue weighted by molar-refractivity contribution is -0.140. The lowest BCUT2D eigenvalue weighted by Gasteiger charge is -2.23. The first-order valence-corrected chi connectivity index (χ1v) is 12.1. The van der Waals surface area contributed by atoms with Gasteiger partial charge < -0.3 is 10.6 Å². The average molecular weight is 551 g/mol. The molecule has 0 aromatic carbocycles. The number of carbonyl (C=O) groups excluding carboxylic acids is 2. The zero-order chi connectivity index (χ0) is 20.8. The Balaban J connectivity index is 0.00000256. The highest BCUT2D eigenvalue weighted by Gasteiger charge is 2.58. The number of carbonyl (C=O) groups is 2. The highest BCUT2D eigenvalue weighted by atomic mass is 127. The molecular formula is C19H30IN5O4S. The van der Waals surface area contributed by atoms with Gasteiger partial charge >= 0.3 is 0 Å². The molecule has 4 unspecified atom stereocenters. The lowest BCUT2D eigenvalue weighted by atomic mass is 9.85. The SMILES string of the molecule is CN=C(NCCN1C(=O)C2C3C=CC(C3)C2C1=O)NC[C@H]1CCCN1S(C)(=O)=O.I. The maximum absolute atomic E-state index is 12.7. The van der Waals surface area contributed by atoms with Crippen molar-refractivity contribution in [2.75, 3.05) is 39.5 Å². The van der Waals surface area contributed by atoms with Crippen molar-refractivity contribution < 1.29 is 18.0 Å². The van der Waals surface area contributed by atoms with E-state index in [-0.39, 0.29) is 65.5 Å². The summed E-state index contributed by atoms with van der Waals surface area (Å²) in [5.74, 6) is 0.550. The molecule has 4 rings (SSSR count). The Labute approximate surface area is 194 Å². The second-order valence-electron chi connectivity index (χ2n) is 8.38. The third-order valence-electron chi connectivity index (χ3n) is 6.67. The summed E-state index contributed by atoms with van der Waals surface area (Å²) in [5, 5.41) is 6.29.